The van der Waals surface area contributed by atoms with Crippen LogP contribution in [0.25, 0.3) is 0 Å². The van der Waals surface area contributed by atoms with Gasteiger partial charge in [0.05, 0.1) is 5.02 Å². The Balaban J connectivity index is 1.79. The van der Waals surface area contributed by atoms with Crippen LogP contribution in [0.2, 0.25) is 5.02 Å². The van der Waals surface area contributed by atoms with Crippen LogP contribution < -0.4 is 5.32 Å². The summed E-state index contributed by atoms with van der Waals surface area (Å²) in [5.41, 5.74) is 0. The van der Waals surface area contributed by atoms with Gasteiger partial charge in [-0.3, -0.25) is 0 Å². The molecule has 0 spiro atoms. The van der Waals surface area contributed by atoms with Crippen LogP contribution in [0, 0.1) is 0 Å². The lowest BCUT2D eigenvalue weighted by atomic mass is 9.84. The summed E-state index contributed by atoms with van der Waals surface area (Å²) in [7, 11) is 0. The molecule has 1 aliphatic heterocycles. The molecule has 0 atom stereocenters. The van der Waals surface area contributed by atoms with Gasteiger partial charge < -0.3 is 9.73 Å². The van der Waals surface area contributed by atoms with Gasteiger partial charge in [0, 0.05) is 11.8 Å². The zero-order valence-corrected chi connectivity index (χ0v) is 10.2. The molecule has 1 saturated heterocycles. The third-order valence-electron chi connectivity index (χ3n) is 3.95. The summed E-state index contributed by atoms with van der Waals surface area (Å²) in [6.45, 7) is 2.20. The van der Waals surface area contributed by atoms with Crippen molar-refractivity contribution in [3.63, 3.8) is 0 Å². The Bertz CT molecular complexity index is 364. The van der Waals surface area contributed by atoms with Gasteiger partial charge in [-0.15, -0.1) is 0 Å². The van der Waals surface area contributed by atoms with Crippen LogP contribution in [0.3, 0.4) is 0 Å². The first-order chi connectivity index (χ1) is 7.84. The molecule has 1 aliphatic carbocycles. The van der Waals surface area contributed by atoms with Crippen molar-refractivity contribution < 1.29 is 4.42 Å². The Morgan fingerprint density at radius 2 is 1.88 bits per heavy atom. The van der Waals surface area contributed by atoms with E-state index in [2.05, 4.69) is 11.4 Å². The quantitative estimate of drug-likeness (QED) is 0.852. The predicted molar refractivity (Wildman–Crippen MR) is 65.2 cm³/mol. The highest BCUT2D eigenvalue weighted by molar-refractivity contribution is 6.31. The fourth-order valence-electron chi connectivity index (χ4n) is 2.66. The van der Waals surface area contributed by atoms with Crippen molar-refractivity contribution in [2.24, 2.45) is 0 Å². The average Bonchev–Trinajstić information content (AvgIpc) is 2.60. The Hall–Kier alpha value is -0.470. The van der Waals surface area contributed by atoms with E-state index < -0.39 is 0 Å². The minimum absolute atomic E-state index is 0.576. The first-order valence-electron chi connectivity index (χ1n) is 6.34. The second-order valence-electron chi connectivity index (χ2n) is 5.01. The molecule has 1 aromatic rings. The normalized spacial score (nSPS) is 23.3. The molecule has 88 valence electrons. The standard InChI is InChI=1S/C13H18ClNO/c14-11-8-12(9-4-6-15-7-5-9)16-13(11)10-2-1-3-10/h8-10,15H,1-7H2. The molecule has 2 aliphatic rings. The lowest BCUT2D eigenvalue weighted by Crippen LogP contribution is -2.26. The van der Waals surface area contributed by atoms with E-state index in [-0.39, 0.29) is 0 Å². The van der Waals surface area contributed by atoms with Gasteiger partial charge in [0.1, 0.15) is 11.5 Å². The smallest absolute Gasteiger partial charge is 0.125 e. The lowest BCUT2D eigenvalue weighted by Gasteiger charge is -2.24. The van der Waals surface area contributed by atoms with Gasteiger partial charge >= 0.3 is 0 Å². The molecule has 2 nitrogen and oxygen atoms in total. The fourth-order valence-corrected chi connectivity index (χ4v) is 2.96. The van der Waals surface area contributed by atoms with Crippen molar-refractivity contribution in [3.8, 4) is 0 Å². The Kier molecular flexibility index (Phi) is 2.95. The fraction of sp³-hybridized carbons (Fsp3) is 0.692. The topological polar surface area (TPSA) is 25.2 Å². The number of halogens is 1. The highest BCUT2D eigenvalue weighted by Crippen LogP contribution is 2.42. The third kappa shape index (κ3) is 1.89. The molecule has 16 heavy (non-hydrogen) atoms. The molecule has 2 heterocycles. The number of nitrogens with one attached hydrogen (secondary N) is 1. The van der Waals surface area contributed by atoms with Crippen LogP contribution in [0.15, 0.2) is 10.5 Å². The van der Waals surface area contributed by atoms with Gasteiger partial charge in [-0.05, 0) is 44.8 Å². The minimum Gasteiger partial charge on any atom is -0.464 e. The number of hydrogen-bond donors (Lipinski definition) is 1. The third-order valence-corrected chi connectivity index (χ3v) is 4.25. The molecule has 0 unspecified atom stereocenters. The number of furan rings is 1. The molecule has 2 fully saturated rings. The van der Waals surface area contributed by atoms with Crippen molar-refractivity contribution in [2.45, 2.75) is 43.9 Å². The van der Waals surface area contributed by atoms with E-state index in [9.17, 15) is 0 Å². The first-order valence-corrected chi connectivity index (χ1v) is 6.72. The molecular formula is C13H18ClNO. The van der Waals surface area contributed by atoms with E-state index >= 15 is 0 Å². The van der Waals surface area contributed by atoms with Gasteiger partial charge in [-0.25, -0.2) is 0 Å². The molecule has 0 aromatic carbocycles. The summed E-state index contributed by atoms with van der Waals surface area (Å²) < 4.78 is 6.00. The van der Waals surface area contributed by atoms with Gasteiger partial charge in [-0.2, -0.15) is 0 Å². The zero-order chi connectivity index (χ0) is 11.0. The van der Waals surface area contributed by atoms with Crippen LogP contribution >= 0.6 is 11.6 Å². The van der Waals surface area contributed by atoms with E-state index in [0.29, 0.717) is 11.8 Å². The molecule has 1 aromatic heterocycles. The maximum atomic E-state index is 6.26. The van der Waals surface area contributed by atoms with Crippen LogP contribution in [-0.4, -0.2) is 13.1 Å². The van der Waals surface area contributed by atoms with Gasteiger partial charge in [0.25, 0.3) is 0 Å². The highest BCUT2D eigenvalue weighted by atomic mass is 35.5. The molecule has 3 rings (SSSR count). The Labute approximate surface area is 101 Å². The lowest BCUT2D eigenvalue weighted by molar-refractivity contribution is 0.314. The summed E-state index contributed by atoms with van der Waals surface area (Å²) in [5, 5.41) is 4.24. The van der Waals surface area contributed by atoms with Crippen LogP contribution in [0.1, 0.15) is 55.5 Å². The predicted octanol–water partition coefficient (Wildman–Crippen LogP) is 3.67. The van der Waals surface area contributed by atoms with Gasteiger partial charge in [0.2, 0.25) is 0 Å². The van der Waals surface area contributed by atoms with Gasteiger partial charge in [-0.1, -0.05) is 18.0 Å². The van der Waals surface area contributed by atoms with E-state index in [0.717, 1.165) is 29.6 Å². The molecule has 3 heteroatoms. The van der Waals surface area contributed by atoms with Crippen molar-refractivity contribution in [3.05, 3.63) is 22.6 Å². The molecule has 1 N–H and O–H groups in total. The Morgan fingerprint density at radius 3 is 2.50 bits per heavy atom. The summed E-state index contributed by atoms with van der Waals surface area (Å²) in [6.07, 6.45) is 6.17. The second kappa shape index (κ2) is 4.42. The number of rotatable bonds is 2. The summed E-state index contributed by atoms with van der Waals surface area (Å²) >= 11 is 6.26. The number of piperidine rings is 1. The van der Waals surface area contributed by atoms with Crippen molar-refractivity contribution >= 4 is 11.6 Å². The highest BCUT2D eigenvalue weighted by Gasteiger charge is 2.28. The van der Waals surface area contributed by atoms with Crippen molar-refractivity contribution in [1.82, 2.24) is 5.32 Å². The first kappa shape index (κ1) is 10.7. The van der Waals surface area contributed by atoms with Crippen LogP contribution in [0.5, 0.6) is 0 Å². The van der Waals surface area contributed by atoms with E-state index in [4.69, 9.17) is 16.0 Å². The van der Waals surface area contributed by atoms with E-state index in [1.54, 1.807) is 0 Å². The van der Waals surface area contributed by atoms with Crippen molar-refractivity contribution in [2.75, 3.05) is 13.1 Å². The molecular weight excluding hydrogens is 222 g/mol. The monoisotopic (exact) mass is 239 g/mol. The largest absolute Gasteiger partial charge is 0.464 e. The maximum absolute atomic E-state index is 6.26. The van der Waals surface area contributed by atoms with Crippen molar-refractivity contribution in [1.29, 1.82) is 0 Å². The molecule has 0 radical (unpaired) electrons. The molecule has 0 amide bonds. The number of hydrogen-bond acceptors (Lipinski definition) is 2. The summed E-state index contributed by atoms with van der Waals surface area (Å²) in [4.78, 5) is 0. The van der Waals surface area contributed by atoms with E-state index in [1.165, 1.54) is 32.1 Å². The van der Waals surface area contributed by atoms with Gasteiger partial charge in [0.15, 0.2) is 0 Å². The minimum atomic E-state index is 0.576. The SMILES string of the molecule is Clc1cc(C2CCNCC2)oc1C1CCC1. The summed E-state index contributed by atoms with van der Waals surface area (Å²) in [5.74, 6) is 3.35. The van der Waals surface area contributed by atoms with Crippen LogP contribution in [0.4, 0.5) is 0 Å². The molecule has 0 bridgehead atoms. The maximum Gasteiger partial charge on any atom is 0.125 e. The zero-order valence-electron chi connectivity index (χ0n) is 9.47. The summed E-state index contributed by atoms with van der Waals surface area (Å²) in [6, 6.07) is 2.06. The second-order valence-corrected chi connectivity index (χ2v) is 5.42. The Morgan fingerprint density at radius 1 is 1.12 bits per heavy atom. The van der Waals surface area contributed by atoms with E-state index in [1.807, 2.05) is 0 Å². The van der Waals surface area contributed by atoms with Crippen LogP contribution in [-0.2, 0) is 0 Å². The average molecular weight is 240 g/mol. The molecule has 1 saturated carbocycles.